The van der Waals surface area contributed by atoms with Crippen LogP contribution >= 0.6 is 0 Å². The fourth-order valence-electron chi connectivity index (χ4n) is 2.21. The van der Waals surface area contributed by atoms with Crippen LogP contribution in [-0.2, 0) is 19.1 Å². The Kier molecular flexibility index (Phi) is 7.87. The molecule has 0 aromatic heterocycles. The van der Waals surface area contributed by atoms with E-state index in [4.69, 9.17) is 4.74 Å². The first-order valence-electron chi connectivity index (χ1n) is 8.77. The molecule has 1 aromatic carbocycles. The lowest BCUT2D eigenvalue weighted by atomic mass is 10.2. The highest BCUT2D eigenvalue weighted by Gasteiger charge is 2.24. The number of benzene rings is 1. The highest BCUT2D eigenvalue weighted by molar-refractivity contribution is 5.98. The Labute approximate surface area is 165 Å². The molecule has 1 aromatic rings. The van der Waals surface area contributed by atoms with Crippen LogP contribution in [0.1, 0.15) is 23.2 Å². The molecule has 1 aliphatic rings. The Bertz CT molecular complexity index is 770. The largest absolute Gasteiger partial charge is 0.454 e. The summed E-state index contributed by atoms with van der Waals surface area (Å²) in [7, 11) is 1.39. The Morgan fingerprint density at radius 1 is 1.21 bits per heavy atom. The van der Waals surface area contributed by atoms with E-state index in [1.807, 2.05) is 0 Å². The van der Waals surface area contributed by atoms with Gasteiger partial charge in [-0.05, 0) is 25.0 Å². The predicted octanol–water partition coefficient (Wildman–Crippen LogP) is 0.298. The topological polar surface area (TPSA) is 114 Å². The Morgan fingerprint density at radius 2 is 1.90 bits per heavy atom. The van der Waals surface area contributed by atoms with E-state index in [0.717, 1.165) is 17.7 Å². The predicted molar refractivity (Wildman–Crippen MR) is 95.2 cm³/mol. The number of likely N-dealkylation sites (N-methyl/N-ethyl adjacent to an activating group) is 1. The molecule has 1 fully saturated rings. The van der Waals surface area contributed by atoms with E-state index in [9.17, 15) is 28.0 Å². The number of hydrogen-bond acceptors (Lipinski definition) is 6. The maximum atomic E-state index is 12.4. The van der Waals surface area contributed by atoms with Crippen LogP contribution in [0, 0.1) is 0 Å². The first-order chi connectivity index (χ1) is 13.8. The van der Waals surface area contributed by atoms with Crippen LogP contribution in [0.25, 0.3) is 0 Å². The molecule has 2 N–H and O–H groups in total. The van der Waals surface area contributed by atoms with Gasteiger partial charge in [0.05, 0.1) is 12.1 Å². The smallest absolute Gasteiger partial charge is 0.387 e. The summed E-state index contributed by atoms with van der Waals surface area (Å²) in [4.78, 5) is 48.4. The Hall–Kier alpha value is -3.24. The molecular weight excluding hydrogens is 392 g/mol. The quantitative estimate of drug-likeness (QED) is 0.534. The molecule has 0 heterocycles. The van der Waals surface area contributed by atoms with Gasteiger partial charge in [0.1, 0.15) is 12.3 Å². The lowest BCUT2D eigenvalue weighted by Crippen LogP contribution is -2.41. The molecule has 0 unspecified atom stereocenters. The number of carbonyl (C=O) groups is 4. The number of hydrogen-bond donors (Lipinski definition) is 2. The van der Waals surface area contributed by atoms with Crippen molar-refractivity contribution in [1.29, 1.82) is 0 Å². The number of nitrogens with one attached hydrogen (secondary N) is 2. The van der Waals surface area contributed by atoms with Crippen LogP contribution in [0.4, 0.5) is 8.78 Å². The molecular formula is C18H21F2N3O6. The molecule has 2 rings (SSSR count). The summed E-state index contributed by atoms with van der Waals surface area (Å²) in [5.41, 5.74) is -0.182. The monoisotopic (exact) mass is 413 g/mol. The number of amides is 3. The van der Waals surface area contributed by atoms with E-state index >= 15 is 0 Å². The zero-order chi connectivity index (χ0) is 21.4. The molecule has 0 radical (unpaired) electrons. The number of ether oxygens (including phenoxy) is 2. The van der Waals surface area contributed by atoms with Gasteiger partial charge in [-0.2, -0.15) is 8.78 Å². The third-order valence-electron chi connectivity index (χ3n) is 3.85. The van der Waals surface area contributed by atoms with Crippen molar-refractivity contribution in [2.45, 2.75) is 25.5 Å². The number of carbonyl (C=O) groups excluding carboxylic acids is 4. The van der Waals surface area contributed by atoms with Crippen LogP contribution in [0.5, 0.6) is 5.75 Å². The van der Waals surface area contributed by atoms with Crippen LogP contribution < -0.4 is 15.4 Å². The molecule has 158 valence electrons. The Balaban J connectivity index is 1.73. The van der Waals surface area contributed by atoms with Crippen molar-refractivity contribution in [3.05, 3.63) is 29.8 Å². The highest BCUT2D eigenvalue weighted by atomic mass is 19.3. The summed E-state index contributed by atoms with van der Waals surface area (Å²) < 4.78 is 33.7. The summed E-state index contributed by atoms with van der Waals surface area (Å²) in [6.45, 7) is -4.46. The molecule has 0 saturated heterocycles. The number of nitrogens with zero attached hydrogens (tertiary/aromatic N) is 1. The SMILES string of the molecule is CN(CC(=O)NC1CC1)C(=O)COC(=O)CNC(=O)c1ccccc1OC(F)F. The molecule has 0 spiro atoms. The van der Waals surface area contributed by atoms with Crippen LogP contribution in [0.15, 0.2) is 24.3 Å². The number of para-hydroxylation sites is 1. The van der Waals surface area contributed by atoms with Crippen molar-refractivity contribution in [2.75, 3.05) is 26.7 Å². The zero-order valence-electron chi connectivity index (χ0n) is 15.7. The maximum Gasteiger partial charge on any atom is 0.387 e. The summed E-state index contributed by atoms with van der Waals surface area (Å²) in [6, 6.07) is 5.47. The zero-order valence-corrected chi connectivity index (χ0v) is 15.7. The maximum absolute atomic E-state index is 12.4. The molecule has 1 saturated carbocycles. The van der Waals surface area contributed by atoms with Gasteiger partial charge in [0.25, 0.3) is 11.8 Å². The van der Waals surface area contributed by atoms with Gasteiger partial charge in [-0.15, -0.1) is 0 Å². The van der Waals surface area contributed by atoms with E-state index in [0.29, 0.717) is 0 Å². The van der Waals surface area contributed by atoms with E-state index in [-0.39, 0.29) is 29.8 Å². The molecule has 11 heteroatoms. The van der Waals surface area contributed by atoms with Crippen LogP contribution in [0.2, 0.25) is 0 Å². The normalized spacial score (nSPS) is 12.8. The average Bonchev–Trinajstić information content (AvgIpc) is 3.47. The van der Waals surface area contributed by atoms with Gasteiger partial charge in [-0.1, -0.05) is 12.1 Å². The first-order valence-corrected chi connectivity index (χ1v) is 8.77. The number of halogens is 2. The van der Waals surface area contributed by atoms with E-state index in [1.54, 1.807) is 0 Å². The second-order valence-corrected chi connectivity index (χ2v) is 6.31. The van der Waals surface area contributed by atoms with Gasteiger partial charge in [0.2, 0.25) is 5.91 Å². The van der Waals surface area contributed by atoms with Gasteiger partial charge in [0, 0.05) is 13.1 Å². The van der Waals surface area contributed by atoms with Crippen molar-refractivity contribution in [1.82, 2.24) is 15.5 Å². The lowest BCUT2D eigenvalue weighted by Gasteiger charge is -2.16. The van der Waals surface area contributed by atoms with Crippen molar-refractivity contribution >= 4 is 23.7 Å². The summed E-state index contributed by atoms with van der Waals surface area (Å²) in [5, 5.41) is 4.92. The first kappa shape index (κ1) is 22.1. The van der Waals surface area contributed by atoms with Gasteiger partial charge in [-0.3, -0.25) is 19.2 Å². The minimum Gasteiger partial charge on any atom is -0.454 e. The highest BCUT2D eigenvalue weighted by Crippen LogP contribution is 2.20. The van der Waals surface area contributed by atoms with Crippen molar-refractivity contribution in [2.24, 2.45) is 0 Å². The third kappa shape index (κ3) is 7.72. The summed E-state index contributed by atoms with van der Waals surface area (Å²) >= 11 is 0. The fraction of sp³-hybridized carbons (Fsp3) is 0.444. The minimum absolute atomic E-state index is 0.162. The number of rotatable bonds is 10. The van der Waals surface area contributed by atoms with Gasteiger partial charge in [0.15, 0.2) is 6.61 Å². The number of esters is 1. The second kappa shape index (κ2) is 10.3. The molecule has 9 nitrogen and oxygen atoms in total. The van der Waals surface area contributed by atoms with E-state index < -0.39 is 37.5 Å². The number of alkyl halides is 2. The van der Waals surface area contributed by atoms with Crippen molar-refractivity contribution in [3.63, 3.8) is 0 Å². The average molecular weight is 413 g/mol. The minimum atomic E-state index is -3.11. The molecule has 0 aliphatic heterocycles. The molecule has 1 aliphatic carbocycles. The molecule has 3 amide bonds. The summed E-state index contributed by atoms with van der Waals surface area (Å²) in [5.74, 6) is -2.96. The van der Waals surface area contributed by atoms with Crippen LogP contribution in [0.3, 0.4) is 0 Å². The lowest BCUT2D eigenvalue weighted by molar-refractivity contribution is -0.151. The molecule has 0 atom stereocenters. The standard InChI is InChI=1S/C18H21F2N3O6/c1-23(9-14(24)22-11-6-7-11)15(25)10-28-16(26)8-21-17(27)12-4-2-3-5-13(12)29-18(19)20/h2-5,11,18H,6-10H2,1H3,(H,21,27)(H,22,24). The fourth-order valence-corrected chi connectivity index (χ4v) is 2.21. The van der Waals surface area contributed by atoms with Gasteiger partial charge < -0.3 is 25.0 Å². The van der Waals surface area contributed by atoms with Gasteiger partial charge >= 0.3 is 12.6 Å². The summed E-state index contributed by atoms with van der Waals surface area (Å²) in [6.07, 6.45) is 1.84. The molecule has 0 bridgehead atoms. The van der Waals surface area contributed by atoms with Crippen molar-refractivity contribution in [3.8, 4) is 5.75 Å². The van der Waals surface area contributed by atoms with Crippen molar-refractivity contribution < 1.29 is 37.4 Å². The van der Waals surface area contributed by atoms with Gasteiger partial charge in [-0.25, -0.2) is 0 Å². The second-order valence-electron chi connectivity index (χ2n) is 6.31. The third-order valence-corrected chi connectivity index (χ3v) is 3.85. The molecule has 29 heavy (non-hydrogen) atoms. The Morgan fingerprint density at radius 3 is 2.55 bits per heavy atom. The van der Waals surface area contributed by atoms with E-state index in [1.165, 1.54) is 31.3 Å². The van der Waals surface area contributed by atoms with Crippen LogP contribution in [-0.4, -0.2) is 68.0 Å². The van der Waals surface area contributed by atoms with E-state index in [2.05, 4.69) is 15.4 Å².